The van der Waals surface area contributed by atoms with Gasteiger partial charge in [0.05, 0.1) is 21.2 Å². The Morgan fingerprint density at radius 3 is 2.37 bits per heavy atom. The Kier molecular flexibility index (Phi) is 6.22. The zero-order chi connectivity index (χ0) is 24.4. The van der Waals surface area contributed by atoms with Crippen LogP contribution in [0.1, 0.15) is 5.76 Å². The summed E-state index contributed by atoms with van der Waals surface area (Å²) in [5.74, 6) is 0.716. The minimum absolute atomic E-state index is 0.0191. The summed E-state index contributed by atoms with van der Waals surface area (Å²) in [5.41, 5.74) is 1.86. The van der Waals surface area contributed by atoms with Crippen molar-refractivity contribution in [2.45, 2.75) is 0 Å². The van der Waals surface area contributed by atoms with Gasteiger partial charge < -0.3 is 4.42 Å². The number of thioether (sulfide) groups is 1. The number of halogens is 1. The zero-order valence-corrected chi connectivity index (χ0v) is 19.6. The second-order valence-electron chi connectivity index (χ2n) is 7.44. The first-order valence-corrected chi connectivity index (χ1v) is 11.7. The highest BCUT2D eigenvalue weighted by Gasteiger charge is 2.35. The van der Waals surface area contributed by atoms with E-state index in [1.807, 2.05) is 60.7 Å². The molecule has 0 saturated carbocycles. The second kappa shape index (κ2) is 9.61. The number of carbonyl (C=O) groups excluding carboxylic acids is 1. The van der Waals surface area contributed by atoms with Crippen LogP contribution < -0.4 is 4.90 Å². The van der Waals surface area contributed by atoms with Gasteiger partial charge in [0.25, 0.3) is 11.6 Å². The summed E-state index contributed by atoms with van der Waals surface area (Å²) < 4.78 is 5.90. The number of rotatable bonds is 5. The number of nitro benzene ring substituents is 1. The maximum Gasteiger partial charge on any atom is 0.287 e. The first-order chi connectivity index (χ1) is 17.0. The van der Waals surface area contributed by atoms with Crippen molar-refractivity contribution in [2.24, 2.45) is 4.99 Å². The van der Waals surface area contributed by atoms with Gasteiger partial charge in [0, 0.05) is 17.7 Å². The van der Waals surface area contributed by atoms with Gasteiger partial charge >= 0.3 is 0 Å². The number of hydrogen-bond donors (Lipinski definition) is 0. The van der Waals surface area contributed by atoms with Gasteiger partial charge in [0.2, 0.25) is 0 Å². The molecule has 1 amide bonds. The Hall–Kier alpha value is -4.14. The normalized spacial score (nSPS) is 15.8. The van der Waals surface area contributed by atoms with E-state index < -0.39 is 4.92 Å². The number of aliphatic imine (C=N–C) groups is 1. The van der Waals surface area contributed by atoms with Crippen LogP contribution in [0.25, 0.3) is 17.4 Å². The SMILES string of the molecule is O=C1/C(=C/c2ccc(-c3ccc([N+](=O)[O-])c(Cl)c3)o2)SC(=Nc2ccccc2)N1c1ccccc1. The summed E-state index contributed by atoms with van der Waals surface area (Å²) in [4.78, 5) is 30.5. The zero-order valence-electron chi connectivity index (χ0n) is 18.0. The first-order valence-electron chi connectivity index (χ1n) is 10.5. The first kappa shape index (κ1) is 22.6. The molecular weight excluding hydrogens is 486 g/mol. The quantitative estimate of drug-likeness (QED) is 0.162. The summed E-state index contributed by atoms with van der Waals surface area (Å²) >= 11 is 7.29. The summed E-state index contributed by atoms with van der Waals surface area (Å²) in [6, 6.07) is 26.6. The topological polar surface area (TPSA) is 88.9 Å². The minimum atomic E-state index is -0.542. The number of benzene rings is 3. The number of furan rings is 1. The van der Waals surface area contributed by atoms with Crippen LogP contribution in [0.15, 0.2) is 105 Å². The third-order valence-corrected chi connectivity index (χ3v) is 6.40. The molecule has 3 aromatic carbocycles. The molecule has 35 heavy (non-hydrogen) atoms. The van der Waals surface area contributed by atoms with E-state index in [1.165, 1.54) is 23.9 Å². The molecule has 9 heteroatoms. The van der Waals surface area contributed by atoms with Gasteiger partial charge in [-0.25, -0.2) is 4.99 Å². The van der Waals surface area contributed by atoms with Crippen molar-refractivity contribution in [1.82, 2.24) is 0 Å². The van der Waals surface area contributed by atoms with Crippen LogP contribution in [-0.2, 0) is 4.79 Å². The molecule has 0 bridgehead atoms. The standard InChI is InChI=1S/C26H16ClN3O4S/c27-21-15-17(11-13-22(21)30(32)33)23-14-12-20(34-23)16-24-25(31)29(19-9-5-2-6-10-19)26(35-24)28-18-7-3-1-4-8-18/h1-16H/b24-16-,28-26?. The van der Waals surface area contributed by atoms with Gasteiger partial charge in [-0.15, -0.1) is 0 Å². The molecule has 1 aliphatic rings. The van der Waals surface area contributed by atoms with Crippen molar-refractivity contribution in [3.05, 3.63) is 117 Å². The van der Waals surface area contributed by atoms with Crippen molar-refractivity contribution in [1.29, 1.82) is 0 Å². The molecule has 0 atom stereocenters. The maximum atomic E-state index is 13.4. The van der Waals surface area contributed by atoms with Crippen molar-refractivity contribution >= 4 is 57.6 Å². The van der Waals surface area contributed by atoms with Gasteiger partial charge in [-0.05, 0) is 60.3 Å². The number of carbonyl (C=O) groups is 1. The molecule has 1 saturated heterocycles. The molecule has 0 aliphatic carbocycles. The van der Waals surface area contributed by atoms with E-state index in [-0.39, 0.29) is 16.6 Å². The summed E-state index contributed by atoms with van der Waals surface area (Å²) in [6.07, 6.45) is 1.66. The van der Waals surface area contributed by atoms with Gasteiger partial charge in [-0.1, -0.05) is 48.0 Å². The Bertz CT molecular complexity index is 1480. The van der Waals surface area contributed by atoms with E-state index in [1.54, 1.807) is 29.2 Å². The van der Waals surface area contributed by atoms with E-state index in [2.05, 4.69) is 4.99 Å². The van der Waals surface area contributed by atoms with Gasteiger partial charge in [-0.2, -0.15) is 0 Å². The largest absolute Gasteiger partial charge is 0.457 e. The minimum Gasteiger partial charge on any atom is -0.457 e. The summed E-state index contributed by atoms with van der Waals surface area (Å²) in [6.45, 7) is 0. The van der Waals surface area contributed by atoms with Crippen molar-refractivity contribution in [3.63, 3.8) is 0 Å². The lowest BCUT2D eigenvalue weighted by molar-refractivity contribution is -0.384. The molecule has 5 rings (SSSR count). The van der Waals surface area contributed by atoms with Crippen LogP contribution >= 0.6 is 23.4 Å². The summed E-state index contributed by atoms with van der Waals surface area (Å²) in [7, 11) is 0. The Morgan fingerprint density at radius 1 is 0.971 bits per heavy atom. The third kappa shape index (κ3) is 4.75. The highest BCUT2D eigenvalue weighted by molar-refractivity contribution is 8.19. The molecule has 2 heterocycles. The van der Waals surface area contributed by atoms with Crippen LogP contribution in [0.3, 0.4) is 0 Å². The van der Waals surface area contributed by atoms with Crippen molar-refractivity contribution < 1.29 is 14.1 Å². The molecule has 0 spiro atoms. The maximum absolute atomic E-state index is 13.4. The molecule has 1 fully saturated rings. The number of anilines is 1. The average Bonchev–Trinajstić information content (AvgIpc) is 3.44. The van der Waals surface area contributed by atoms with E-state index in [9.17, 15) is 14.9 Å². The molecular formula is C26H16ClN3O4S. The molecule has 1 aliphatic heterocycles. The fraction of sp³-hybridized carbons (Fsp3) is 0. The third-order valence-electron chi connectivity index (χ3n) is 5.13. The molecule has 4 aromatic rings. The second-order valence-corrected chi connectivity index (χ2v) is 8.86. The fourth-order valence-corrected chi connectivity index (χ4v) is 4.72. The van der Waals surface area contributed by atoms with E-state index >= 15 is 0 Å². The monoisotopic (exact) mass is 501 g/mol. The van der Waals surface area contributed by atoms with Crippen molar-refractivity contribution in [2.75, 3.05) is 4.90 Å². The Morgan fingerprint density at radius 2 is 1.69 bits per heavy atom. The molecule has 0 radical (unpaired) electrons. The van der Waals surface area contributed by atoms with E-state index in [4.69, 9.17) is 16.0 Å². The lowest BCUT2D eigenvalue weighted by atomic mass is 10.1. The fourth-order valence-electron chi connectivity index (χ4n) is 3.49. The van der Waals surface area contributed by atoms with Crippen LogP contribution in [-0.4, -0.2) is 16.0 Å². The molecule has 7 nitrogen and oxygen atoms in total. The van der Waals surface area contributed by atoms with Crippen LogP contribution in [0.4, 0.5) is 17.1 Å². The molecule has 1 aromatic heterocycles. The smallest absolute Gasteiger partial charge is 0.287 e. The van der Waals surface area contributed by atoms with Gasteiger partial charge in [-0.3, -0.25) is 19.8 Å². The average molecular weight is 502 g/mol. The van der Waals surface area contributed by atoms with Gasteiger partial charge in [0.15, 0.2) is 5.17 Å². The number of nitrogens with zero attached hydrogens (tertiary/aromatic N) is 3. The van der Waals surface area contributed by atoms with Crippen molar-refractivity contribution in [3.8, 4) is 11.3 Å². The van der Waals surface area contributed by atoms with Crippen LogP contribution in [0.5, 0.6) is 0 Å². The van der Waals surface area contributed by atoms with Crippen LogP contribution in [0, 0.1) is 10.1 Å². The molecule has 0 unspecified atom stereocenters. The Labute approximate surface area is 209 Å². The predicted molar refractivity (Wildman–Crippen MR) is 139 cm³/mol. The highest BCUT2D eigenvalue weighted by atomic mass is 35.5. The Balaban J connectivity index is 1.48. The van der Waals surface area contributed by atoms with E-state index in [0.29, 0.717) is 32.8 Å². The summed E-state index contributed by atoms with van der Waals surface area (Å²) in [5, 5.41) is 11.6. The molecule has 172 valence electrons. The van der Waals surface area contributed by atoms with E-state index in [0.717, 1.165) is 5.69 Å². The van der Waals surface area contributed by atoms with Crippen LogP contribution in [0.2, 0.25) is 5.02 Å². The number of amidine groups is 1. The number of para-hydroxylation sites is 2. The predicted octanol–water partition coefficient (Wildman–Crippen LogP) is 7.32. The highest BCUT2D eigenvalue weighted by Crippen LogP contribution is 2.38. The number of nitro groups is 1. The van der Waals surface area contributed by atoms with Gasteiger partial charge in [0.1, 0.15) is 16.5 Å². The lowest BCUT2D eigenvalue weighted by Crippen LogP contribution is -2.28. The molecule has 0 N–H and O–H groups in total. The number of amides is 1. The number of hydrogen-bond acceptors (Lipinski definition) is 6. The lowest BCUT2D eigenvalue weighted by Gasteiger charge is -2.15.